The Bertz CT molecular complexity index is 756. The second kappa shape index (κ2) is 13.1. The number of H-pyrrole nitrogens is 1. The average molecular weight is 514 g/mol. The van der Waals surface area contributed by atoms with Crippen LogP contribution in [0.1, 0.15) is 30.9 Å². The summed E-state index contributed by atoms with van der Waals surface area (Å²) >= 11 is 0. The van der Waals surface area contributed by atoms with Crippen molar-refractivity contribution in [1.29, 1.82) is 0 Å². The predicted molar refractivity (Wildman–Crippen MR) is 130 cm³/mol. The van der Waals surface area contributed by atoms with E-state index in [-0.39, 0.29) is 24.0 Å². The lowest BCUT2D eigenvalue weighted by Gasteiger charge is -2.11. The van der Waals surface area contributed by atoms with Crippen LogP contribution in [0, 0.1) is 12.8 Å². The number of guanidine groups is 1. The van der Waals surface area contributed by atoms with E-state index in [2.05, 4.69) is 58.9 Å². The maximum atomic E-state index is 5.75. The van der Waals surface area contributed by atoms with Crippen LogP contribution < -0.4 is 10.6 Å². The minimum absolute atomic E-state index is 0. The zero-order chi connectivity index (χ0) is 19.6. The average Bonchev–Trinajstić information content (AvgIpc) is 3.34. The number of hydrogen-bond acceptors (Lipinski definition) is 3. The third kappa shape index (κ3) is 7.79. The first-order chi connectivity index (χ1) is 13.8. The van der Waals surface area contributed by atoms with Gasteiger partial charge in [0, 0.05) is 55.9 Å². The van der Waals surface area contributed by atoms with E-state index in [0.717, 1.165) is 71.3 Å². The standard InChI is InChI=1S/C22H34N4O2.HI/c1-3-23-22(24-9-4-11-27-15-18-8-12-28-16-18)25-10-7-19-14-26-21-13-17(2)5-6-20(19)21;/h5-6,13-14,18,26H,3-4,7-12,15-16H2,1-2H3,(H2,23,24,25);1H. The fraction of sp³-hybridized carbons (Fsp3) is 0.591. The first kappa shape index (κ1) is 24.0. The van der Waals surface area contributed by atoms with Crippen LogP contribution in [0.3, 0.4) is 0 Å². The number of aromatic nitrogens is 1. The summed E-state index contributed by atoms with van der Waals surface area (Å²) in [5, 5.41) is 8.06. The molecule has 3 N–H and O–H groups in total. The number of ether oxygens (including phenoxy) is 2. The number of rotatable bonds is 10. The Hall–Kier alpha value is -1.32. The second-order valence-electron chi connectivity index (χ2n) is 7.46. The van der Waals surface area contributed by atoms with Crippen molar-refractivity contribution in [3.05, 3.63) is 35.5 Å². The van der Waals surface area contributed by atoms with Crippen LogP contribution in [0.2, 0.25) is 0 Å². The van der Waals surface area contributed by atoms with Gasteiger partial charge in [0.25, 0.3) is 0 Å². The highest BCUT2D eigenvalue weighted by Gasteiger charge is 2.15. The van der Waals surface area contributed by atoms with Crippen LogP contribution in [0.5, 0.6) is 0 Å². The molecule has 0 saturated carbocycles. The van der Waals surface area contributed by atoms with Crippen LogP contribution in [0.25, 0.3) is 10.9 Å². The van der Waals surface area contributed by atoms with Crippen LogP contribution in [0.15, 0.2) is 29.4 Å². The molecular weight excluding hydrogens is 479 g/mol. The number of fused-ring (bicyclic) bond motifs is 1. The molecule has 1 aliphatic rings. The molecule has 3 rings (SSSR count). The van der Waals surface area contributed by atoms with Gasteiger partial charge in [-0.3, -0.25) is 4.99 Å². The largest absolute Gasteiger partial charge is 0.381 e. The van der Waals surface area contributed by atoms with Gasteiger partial charge in [-0.2, -0.15) is 0 Å². The van der Waals surface area contributed by atoms with E-state index in [1.807, 2.05) is 0 Å². The summed E-state index contributed by atoms with van der Waals surface area (Å²) in [6.07, 6.45) is 5.14. The summed E-state index contributed by atoms with van der Waals surface area (Å²) in [6, 6.07) is 6.56. The van der Waals surface area contributed by atoms with E-state index in [1.165, 1.54) is 22.0 Å². The molecule has 0 radical (unpaired) electrons. The molecular formula is C22H35IN4O2. The maximum absolute atomic E-state index is 5.75. The van der Waals surface area contributed by atoms with Crippen LogP contribution in [-0.4, -0.2) is 57.0 Å². The number of nitrogens with zero attached hydrogens (tertiary/aromatic N) is 1. The first-order valence-electron chi connectivity index (χ1n) is 10.5. The van der Waals surface area contributed by atoms with E-state index in [0.29, 0.717) is 5.92 Å². The minimum Gasteiger partial charge on any atom is -0.381 e. The van der Waals surface area contributed by atoms with Crippen molar-refractivity contribution in [2.75, 3.05) is 46.1 Å². The van der Waals surface area contributed by atoms with Gasteiger partial charge in [0.15, 0.2) is 5.96 Å². The molecule has 0 bridgehead atoms. The number of aryl methyl sites for hydroxylation is 1. The fourth-order valence-corrected chi connectivity index (χ4v) is 3.49. The number of halogens is 1. The Balaban J connectivity index is 0.00000300. The van der Waals surface area contributed by atoms with Crippen molar-refractivity contribution in [2.45, 2.75) is 33.1 Å². The highest BCUT2D eigenvalue weighted by Crippen LogP contribution is 2.19. The van der Waals surface area contributed by atoms with E-state index >= 15 is 0 Å². The molecule has 1 aliphatic heterocycles. The van der Waals surface area contributed by atoms with Gasteiger partial charge in [0.1, 0.15) is 0 Å². The molecule has 6 nitrogen and oxygen atoms in total. The Morgan fingerprint density at radius 1 is 1.34 bits per heavy atom. The predicted octanol–water partition coefficient (Wildman–Crippen LogP) is 3.64. The van der Waals surface area contributed by atoms with Crippen LogP contribution in [-0.2, 0) is 15.9 Å². The van der Waals surface area contributed by atoms with Gasteiger partial charge in [-0.05, 0) is 50.3 Å². The second-order valence-corrected chi connectivity index (χ2v) is 7.46. The van der Waals surface area contributed by atoms with Gasteiger partial charge in [-0.1, -0.05) is 12.1 Å². The van der Waals surface area contributed by atoms with Gasteiger partial charge in [-0.15, -0.1) is 24.0 Å². The molecule has 1 fully saturated rings. The normalized spacial score (nSPS) is 16.8. The van der Waals surface area contributed by atoms with Crippen molar-refractivity contribution in [2.24, 2.45) is 10.9 Å². The first-order valence-corrected chi connectivity index (χ1v) is 10.5. The number of benzene rings is 1. The van der Waals surface area contributed by atoms with E-state index < -0.39 is 0 Å². The topological polar surface area (TPSA) is 70.7 Å². The summed E-state index contributed by atoms with van der Waals surface area (Å²) in [5.74, 6) is 1.46. The van der Waals surface area contributed by atoms with Crippen molar-refractivity contribution in [1.82, 2.24) is 15.6 Å². The lowest BCUT2D eigenvalue weighted by molar-refractivity contribution is 0.0893. The summed E-state index contributed by atoms with van der Waals surface area (Å²) in [7, 11) is 0. The number of hydrogen-bond donors (Lipinski definition) is 3. The number of aliphatic imine (C=N–C) groups is 1. The van der Waals surface area contributed by atoms with E-state index in [1.54, 1.807) is 0 Å². The highest BCUT2D eigenvalue weighted by atomic mass is 127. The Kier molecular flexibility index (Phi) is 10.8. The lowest BCUT2D eigenvalue weighted by Crippen LogP contribution is -2.38. The molecule has 1 unspecified atom stereocenters. The molecule has 1 saturated heterocycles. The molecule has 29 heavy (non-hydrogen) atoms. The molecule has 1 aromatic carbocycles. The summed E-state index contributed by atoms with van der Waals surface area (Å²) in [5.41, 5.74) is 3.82. The molecule has 1 aromatic heterocycles. The SMILES string of the molecule is CCNC(=NCCCOCC1CCOC1)NCCc1c[nH]c2cc(C)ccc12.I. The summed E-state index contributed by atoms with van der Waals surface area (Å²) in [4.78, 5) is 8.03. The Labute approximate surface area is 191 Å². The fourth-order valence-electron chi connectivity index (χ4n) is 3.49. The summed E-state index contributed by atoms with van der Waals surface area (Å²) in [6.45, 7) is 9.99. The summed E-state index contributed by atoms with van der Waals surface area (Å²) < 4.78 is 11.1. The van der Waals surface area contributed by atoms with Gasteiger partial charge in [0.2, 0.25) is 0 Å². The van der Waals surface area contributed by atoms with Gasteiger partial charge >= 0.3 is 0 Å². The van der Waals surface area contributed by atoms with Gasteiger partial charge in [-0.25, -0.2) is 0 Å². The molecule has 0 spiro atoms. The third-order valence-corrected chi connectivity index (χ3v) is 5.05. The van der Waals surface area contributed by atoms with Crippen LogP contribution >= 0.6 is 24.0 Å². The van der Waals surface area contributed by atoms with Crippen LogP contribution in [0.4, 0.5) is 0 Å². The van der Waals surface area contributed by atoms with Crippen molar-refractivity contribution >= 4 is 40.8 Å². The highest BCUT2D eigenvalue weighted by molar-refractivity contribution is 14.0. The molecule has 2 aromatic rings. The van der Waals surface area contributed by atoms with Crippen molar-refractivity contribution < 1.29 is 9.47 Å². The third-order valence-electron chi connectivity index (χ3n) is 5.05. The monoisotopic (exact) mass is 514 g/mol. The Morgan fingerprint density at radius 3 is 3.03 bits per heavy atom. The van der Waals surface area contributed by atoms with E-state index in [4.69, 9.17) is 9.47 Å². The zero-order valence-corrected chi connectivity index (χ0v) is 20.0. The quantitative estimate of drug-likeness (QED) is 0.196. The molecule has 162 valence electrons. The lowest BCUT2D eigenvalue weighted by atomic mass is 10.1. The number of nitrogens with one attached hydrogen (secondary N) is 3. The van der Waals surface area contributed by atoms with E-state index in [9.17, 15) is 0 Å². The zero-order valence-electron chi connectivity index (χ0n) is 17.6. The molecule has 7 heteroatoms. The smallest absolute Gasteiger partial charge is 0.191 e. The van der Waals surface area contributed by atoms with Crippen molar-refractivity contribution in [3.8, 4) is 0 Å². The molecule has 2 heterocycles. The maximum Gasteiger partial charge on any atom is 0.191 e. The van der Waals surface area contributed by atoms with Gasteiger partial charge in [0.05, 0.1) is 13.2 Å². The molecule has 0 amide bonds. The number of aromatic amines is 1. The van der Waals surface area contributed by atoms with Gasteiger partial charge < -0.3 is 25.1 Å². The molecule has 1 atom stereocenters. The molecule has 0 aliphatic carbocycles. The van der Waals surface area contributed by atoms with Crippen molar-refractivity contribution in [3.63, 3.8) is 0 Å². The minimum atomic E-state index is 0. The Morgan fingerprint density at radius 2 is 2.24 bits per heavy atom.